The van der Waals surface area contributed by atoms with E-state index in [0.717, 1.165) is 6.29 Å². The van der Waals surface area contributed by atoms with Crippen LogP contribution in [0, 0.1) is 23.7 Å². The smallest absolute Gasteiger partial charge is 0.335 e. The van der Waals surface area contributed by atoms with Crippen LogP contribution < -0.4 is 0 Å². The highest BCUT2D eigenvalue weighted by molar-refractivity contribution is 5.91. The van der Waals surface area contributed by atoms with Crippen LogP contribution in [-0.4, -0.2) is 249 Å². The molecule has 444 valence electrons. The van der Waals surface area contributed by atoms with Crippen molar-refractivity contribution in [3.8, 4) is 0 Å². The minimum Gasteiger partial charge on any atom is -0.479 e. The molecule has 0 saturated carbocycles. The summed E-state index contributed by atoms with van der Waals surface area (Å²) in [5.74, 6) is -5.35. The maximum absolute atomic E-state index is 13.8. The SMILES string of the molecule is CC[C@H]1OC(=O)C[C@@H](O)[C@H](C)[C@@H](O[C@@H]2O[C@H](C)[C@@H](O[C@H]3C[C@@](C)(O)[C@@H](O)[C@H](C)O3)[C@H](N(C)C)[C@H]2O)[C@@H](CC=O)C[C@@H](C)C(=O)/C=C/C(C)=C/C1CO[C@@H]1O[C@H](C)[C@@H](O)[C@@H](OC)[C@H]1OC.O=C[C@H](O)[C@@H](O)[C@H](O)[C@H](O)C(=O)O. The number of likely N-dealkylation sites (N-methyl/N-ethyl adjacent to an activating group) is 1. The van der Waals surface area contributed by atoms with Crippen molar-refractivity contribution >= 4 is 30.3 Å². The van der Waals surface area contributed by atoms with Gasteiger partial charge in [-0.1, -0.05) is 38.5 Å². The average molecular weight is 1110 g/mol. The summed E-state index contributed by atoms with van der Waals surface area (Å²) in [7, 11) is 6.43. The lowest BCUT2D eigenvalue weighted by molar-refractivity contribution is -0.341. The highest BCUT2D eigenvalue weighted by atomic mass is 16.7. The Labute approximate surface area is 449 Å². The number of rotatable bonds is 18. The summed E-state index contributed by atoms with van der Waals surface area (Å²) >= 11 is 0. The summed E-state index contributed by atoms with van der Waals surface area (Å²) in [5, 5.41) is 99.0. The number of carbonyl (C=O) groups excluding carboxylic acids is 4. The fourth-order valence-electron chi connectivity index (χ4n) is 10.1. The van der Waals surface area contributed by atoms with Gasteiger partial charge in [-0.25, -0.2) is 4.79 Å². The highest BCUT2D eigenvalue weighted by Crippen LogP contribution is 2.38. The number of nitrogens with zero attached hydrogens (tertiary/aromatic N) is 1. The molecule has 25 atom stereocenters. The Hall–Kier alpha value is -3.29. The van der Waals surface area contributed by atoms with E-state index in [1.165, 1.54) is 27.2 Å². The predicted octanol–water partition coefficient (Wildman–Crippen LogP) is -1.45. The van der Waals surface area contributed by atoms with Gasteiger partial charge in [0.15, 0.2) is 37.0 Å². The normalized spacial score (nSPS) is 41.6. The van der Waals surface area contributed by atoms with Gasteiger partial charge >= 0.3 is 11.9 Å². The Bertz CT molecular complexity index is 1920. The average Bonchev–Trinajstić information content (AvgIpc) is 3.37. The minimum absolute atomic E-state index is 0.00788. The molecular formula is C52H87NO24. The van der Waals surface area contributed by atoms with Crippen molar-refractivity contribution in [3.63, 3.8) is 0 Å². The number of esters is 1. The van der Waals surface area contributed by atoms with Crippen molar-refractivity contribution < 1.29 is 118 Å². The lowest BCUT2D eigenvalue weighted by atomic mass is 9.79. The fraction of sp³-hybridized carbons (Fsp3) is 0.827. The summed E-state index contributed by atoms with van der Waals surface area (Å²) in [6.45, 7) is 13.6. The molecule has 3 fully saturated rings. The van der Waals surface area contributed by atoms with E-state index in [0.29, 0.717) is 12.0 Å². The Morgan fingerprint density at radius 2 is 1.47 bits per heavy atom. The molecule has 0 spiro atoms. The number of allylic oxidation sites excluding steroid dienone is 3. The van der Waals surface area contributed by atoms with Crippen molar-refractivity contribution in [2.45, 2.75) is 216 Å². The van der Waals surface area contributed by atoms with Gasteiger partial charge < -0.3 is 108 Å². The number of carbonyl (C=O) groups is 5. The van der Waals surface area contributed by atoms with E-state index < -0.39 is 170 Å². The molecule has 0 radical (unpaired) electrons. The summed E-state index contributed by atoms with van der Waals surface area (Å²) in [4.78, 5) is 61.5. The van der Waals surface area contributed by atoms with Gasteiger partial charge in [0.05, 0.1) is 55.2 Å². The topological polar surface area (TPSA) is 374 Å². The van der Waals surface area contributed by atoms with E-state index in [-0.39, 0.29) is 37.9 Å². The second-order valence-electron chi connectivity index (χ2n) is 21.1. The molecular weight excluding hydrogens is 1020 g/mol. The van der Waals surface area contributed by atoms with Gasteiger partial charge in [0.25, 0.3) is 0 Å². The van der Waals surface area contributed by atoms with Crippen LogP contribution in [0.3, 0.4) is 0 Å². The number of aliphatic hydroxyl groups is 9. The molecule has 1 unspecified atom stereocenters. The van der Waals surface area contributed by atoms with Crippen molar-refractivity contribution in [3.05, 3.63) is 23.8 Å². The van der Waals surface area contributed by atoms with E-state index in [1.807, 2.05) is 19.9 Å². The van der Waals surface area contributed by atoms with Crippen LogP contribution in [0.15, 0.2) is 23.8 Å². The fourth-order valence-corrected chi connectivity index (χ4v) is 10.1. The number of carboxylic acid groups (broad SMARTS) is 1. The van der Waals surface area contributed by atoms with E-state index in [1.54, 1.807) is 59.7 Å². The molecule has 0 aromatic rings. The van der Waals surface area contributed by atoms with Crippen LogP contribution in [-0.2, 0) is 66.6 Å². The molecule has 0 amide bonds. The van der Waals surface area contributed by atoms with Gasteiger partial charge in [0, 0.05) is 44.8 Å². The molecule has 77 heavy (non-hydrogen) atoms. The van der Waals surface area contributed by atoms with Crippen molar-refractivity contribution in [1.82, 2.24) is 4.90 Å². The number of aliphatic carboxylic acids is 1. The highest BCUT2D eigenvalue weighted by Gasteiger charge is 2.52. The zero-order valence-corrected chi connectivity index (χ0v) is 46.1. The van der Waals surface area contributed by atoms with Crippen LogP contribution in [0.4, 0.5) is 0 Å². The standard InChI is InChI=1S/C46H77NO17.C6H10O7/c1-13-33-30(22-58-45-42(57-12)41(56-11)37(52)26(5)60-45)18-23(2)14-15-31(49)24(3)19-29(16-17-48)39(25(4)32(50)20-34(51)62-33)64-44-38(53)36(47(9)10)40(27(6)61-44)63-35-21-46(8,55)43(54)28(7)59-35;7-1-2(8)3(9)4(10)5(11)6(12)13/h14-15,17-18,24-30,32-33,35-45,50,52-55H,13,16,19-22H2,1-12H3;1-5,8-11H,(H,12,13)/b15-14+,23-18+;/t24-,25+,26-,27-,28+,29+,30?,32-,33-,35+,36-,37-,38-,39-,40-,41-,42-,43+,44+,45-,46-;2-,3+,4-,5-/m10/s1. The second-order valence-corrected chi connectivity index (χ2v) is 21.1. The van der Waals surface area contributed by atoms with Gasteiger partial charge in [-0.15, -0.1) is 0 Å². The molecule has 25 heteroatoms. The zero-order chi connectivity index (χ0) is 58.4. The number of ether oxygens (including phenoxy) is 9. The lowest BCUT2D eigenvalue weighted by Gasteiger charge is -2.50. The minimum atomic E-state index is -2.25. The quantitative estimate of drug-likeness (QED) is 0.0554. The first kappa shape index (κ1) is 68.0. The molecule has 10 N–H and O–H groups in total. The molecule has 4 heterocycles. The Balaban J connectivity index is 0.00000105. The van der Waals surface area contributed by atoms with Crippen molar-refractivity contribution in [1.29, 1.82) is 0 Å². The van der Waals surface area contributed by atoms with Crippen LogP contribution in [0.5, 0.6) is 0 Å². The first-order valence-electron chi connectivity index (χ1n) is 26.0. The van der Waals surface area contributed by atoms with Crippen LogP contribution in [0.1, 0.15) is 87.5 Å². The number of carboxylic acids is 1. The van der Waals surface area contributed by atoms with Gasteiger partial charge in [0.2, 0.25) is 0 Å². The molecule has 0 aromatic heterocycles. The third-order valence-electron chi connectivity index (χ3n) is 14.8. The summed E-state index contributed by atoms with van der Waals surface area (Å²) in [6.07, 6.45) is -16.9. The van der Waals surface area contributed by atoms with Crippen molar-refractivity contribution in [2.24, 2.45) is 23.7 Å². The molecule has 4 aliphatic heterocycles. The van der Waals surface area contributed by atoms with E-state index in [2.05, 4.69) is 0 Å². The summed E-state index contributed by atoms with van der Waals surface area (Å²) in [6, 6.07) is -0.748. The van der Waals surface area contributed by atoms with Crippen molar-refractivity contribution in [2.75, 3.05) is 34.9 Å². The summed E-state index contributed by atoms with van der Waals surface area (Å²) < 4.78 is 54.7. The van der Waals surface area contributed by atoms with Crippen LogP contribution in [0.2, 0.25) is 0 Å². The third-order valence-corrected chi connectivity index (χ3v) is 14.8. The second kappa shape index (κ2) is 31.1. The molecule has 4 rings (SSSR count). The Kier molecular flexibility index (Phi) is 27.4. The lowest BCUT2D eigenvalue weighted by Crippen LogP contribution is -2.65. The van der Waals surface area contributed by atoms with Gasteiger partial charge in [-0.05, 0) is 73.5 Å². The molecule has 0 aliphatic carbocycles. The number of ketones is 1. The maximum Gasteiger partial charge on any atom is 0.335 e. The van der Waals surface area contributed by atoms with Crippen LogP contribution >= 0.6 is 0 Å². The molecule has 25 nitrogen and oxygen atoms in total. The molecule has 0 bridgehead atoms. The van der Waals surface area contributed by atoms with Crippen LogP contribution in [0.25, 0.3) is 0 Å². The van der Waals surface area contributed by atoms with E-state index >= 15 is 0 Å². The Morgan fingerprint density at radius 3 is 2.01 bits per heavy atom. The monoisotopic (exact) mass is 1110 g/mol. The third kappa shape index (κ3) is 18.4. The first-order chi connectivity index (χ1) is 36.0. The number of hydrogen-bond donors (Lipinski definition) is 10. The number of aliphatic hydroxyl groups excluding tert-OH is 8. The molecule has 3 saturated heterocycles. The predicted molar refractivity (Wildman–Crippen MR) is 268 cm³/mol. The number of methoxy groups -OCH3 is 2. The number of aldehydes is 2. The van der Waals surface area contributed by atoms with E-state index in [9.17, 15) is 49.5 Å². The molecule has 4 aliphatic rings. The number of hydrogen-bond acceptors (Lipinski definition) is 24. The first-order valence-corrected chi connectivity index (χ1v) is 26.0. The number of cyclic esters (lactones) is 1. The van der Waals surface area contributed by atoms with Gasteiger partial charge in [-0.3, -0.25) is 9.59 Å². The van der Waals surface area contributed by atoms with Gasteiger partial charge in [0.1, 0.15) is 67.3 Å². The summed E-state index contributed by atoms with van der Waals surface area (Å²) in [5.41, 5.74) is -0.806. The van der Waals surface area contributed by atoms with E-state index in [4.69, 9.17) is 68.2 Å². The molecule has 0 aromatic carbocycles. The maximum atomic E-state index is 13.8. The Morgan fingerprint density at radius 1 is 0.844 bits per heavy atom. The zero-order valence-electron chi connectivity index (χ0n) is 46.1. The largest absolute Gasteiger partial charge is 0.479 e. The van der Waals surface area contributed by atoms with Gasteiger partial charge in [-0.2, -0.15) is 0 Å².